The van der Waals surface area contributed by atoms with Crippen molar-refractivity contribution in [1.29, 1.82) is 0 Å². The number of aromatic nitrogens is 3. The molecule has 0 amide bonds. The fourth-order valence-corrected chi connectivity index (χ4v) is 7.90. The molecule has 0 N–H and O–H groups in total. The van der Waals surface area contributed by atoms with Crippen molar-refractivity contribution in [1.82, 2.24) is 15.0 Å². The van der Waals surface area contributed by atoms with E-state index in [4.69, 9.17) is 15.0 Å². The maximum atomic E-state index is 5.28. The molecule has 7 aromatic rings. The van der Waals surface area contributed by atoms with Crippen LogP contribution in [0.3, 0.4) is 0 Å². The first kappa shape index (κ1) is 30.8. The molecule has 0 radical (unpaired) electrons. The topological polar surface area (TPSA) is 38.7 Å². The Morgan fingerprint density at radius 2 is 1.14 bits per heavy atom. The molecule has 0 unspecified atom stereocenters. The highest BCUT2D eigenvalue weighted by Gasteiger charge is 2.38. The number of fused-ring (bicyclic) bond motifs is 2. The van der Waals surface area contributed by atoms with Gasteiger partial charge in [0.1, 0.15) is 0 Å². The Morgan fingerprint density at radius 1 is 0.529 bits per heavy atom. The second-order valence-electron chi connectivity index (χ2n) is 13.9. The van der Waals surface area contributed by atoms with Gasteiger partial charge in [0.15, 0.2) is 5.82 Å². The summed E-state index contributed by atoms with van der Waals surface area (Å²) < 4.78 is 0. The van der Waals surface area contributed by atoms with E-state index in [1.54, 1.807) is 0 Å². The van der Waals surface area contributed by atoms with Gasteiger partial charge in [-0.25, -0.2) is 9.97 Å². The predicted molar refractivity (Wildman–Crippen MR) is 211 cm³/mol. The third-order valence-corrected chi connectivity index (χ3v) is 10.4. The molecule has 0 fully saturated rings. The number of pyridine rings is 1. The molecule has 0 atom stereocenters. The summed E-state index contributed by atoms with van der Waals surface area (Å²) in [6, 6.07) is 51.3. The van der Waals surface area contributed by atoms with Gasteiger partial charge >= 0.3 is 0 Å². The summed E-state index contributed by atoms with van der Waals surface area (Å²) in [5.74, 6) is 0.686. The van der Waals surface area contributed by atoms with Crippen molar-refractivity contribution in [2.24, 2.45) is 0 Å². The normalized spacial score (nSPS) is 14.3. The first-order valence-corrected chi connectivity index (χ1v) is 17.8. The van der Waals surface area contributed by atoms with Gasteiger partial charge in [-0.15, -0.1) is 0 Å². The monoisotopic (exact) mass is 655 g/mol. The molecule has 2 heterocycles. The van der Waals surface area contributed by atoms with Gasteiger partial charge in [0, 0.05) is 33.9 Å². The van der Waals surface area contributed by atoms with Gasteiger partial charge in [0.25, 0.3) is 0 Å². The first-order valence-electron chi connectivity index (χ1n) is 17.8. The summed E-state index contributed by atoms with van der Waals surface area (Å²) in [6.45, 7) is 4.70. The number of rotatable bonds is 6. The minimum absolute atomic E-state index is 0.0602. The SMILES string of the molecule is CC1(C)C2=C(CCC=C2)c2c(-c3ncccc3-c3cc(-c4cc(-c5ccccc5)cc(-c5ccccc5)c4)nc(-c4ccccc4)n3)cccc21. The standard InChI is InChI=1S/C48H37N3/c1-48(2)41-25-13-12-22-38(41)45-40(23-14-26-42(45)48)46-39(24-15-27-49-46)44-31-43(50-47(51-44)34-20-10-5-11-21-34)37-29-35(32-16-6-3-7-17-32)28-36(30-37)33-18-8-4-9-19-33/h3-11,13-21,23-31H,12,22H2,1-2H3. The molecule has 0 saturated heterocycles. The lowest BCUT2D eigenvalue weighted by molar-refractivity contribution is 0.651. The van der Waals surface area contributed by atoms with Crippen LogP contribution < -0.4 is 0 Å². The van der Waals surface area contributed by atoms with Crippen molar-refractivity contribution in [3.05, 3.63) is 181 Å². The van der Waals surface area contributed by atoms with Crippen molar-refractivity contribution >= 4 is 5.57 Å². The van der Waals surface area contributed by atoms with E-state index in [2.05, 4.69) is 147 Å². The summed E-state index contributed by atoms with van der Waals surface area (Å²) >= 11 is 0. The second kappa shape index (κ2) is 12.6. The van der Waals surface area contributed by atoms with E-state index < -0.39 is 0 Å². The Kier molecular flexibility index (Phi) is 7.62. The largest absolute Gasteiger partial charge is 0.256 e. The zero-order valence-corrected chi connectivity index (χ0v) is 28.8. The second-order valence-corrected chi connectivity index (χ2v) is 13.9. The maximum Gasteiger partial charge on any atom is 0.160 e. The fourth-order valence-electron chi connectivity index (χ4n) is 7.90. The van der Waals surface area contributed by atoms with Crippen LogP contribution in [0.1, 0.15) is 37.8 Å². The lowest BCUT2D eigenvalue weighted by atomic mass is 9.80. The third kappa shape index (κ3) is 5.52. The van der Waals surface area contributed by atoms with Crippen LogP contribution in [0.25, 0.3) is 73.0 Å². The van der Waals surface area contributed by atoms with Gasteiger partial charge in [-0.2, -0.15) is 0 Å². The Bertz CT molecular complexity index is 2420. The molecule has 0 bridgehead atoms. The average molecular weight is 656 g/mol. The molecule has 2 aromatic heterocycles. The highest BCUT2D eigenvalue weighted by Crippen LogP contribution is 2.53. The van der Waals surface area contributed by atoms with Gasteiger partial charge in [-0.1, -0.05) is 135 Å². The molecular formula is C48H37N3. The number of allylic oxidation sites excluding steroid dienone is 4. The van der Waals surface area contributed by atoms with Gasteiger partial charge in [0.05, 0.1) is 17.1 Å². The molecular weight excluding hydrogens is 619 g/mol. The fraction of sp³-hybridized carbons (Fsp3) is 0.104. The zero-order valence-electron chi connectivity index (χ0n) is 28.8. The minimum Gasteiger partial charge on any atom is -0.256 e. The van der Waals surface area contributed by atoms with Gasteiger partial charge < -0.3 is 0 Å². The summed E-state index contributed by atoms with van der Waals surface area (Å²) in [7, 11) is 0. The highest BCUT2D eigenvalue weighted by atomic mass is 14.9. The number of nitrogens with zero attached hydrogens (tertiary/aromatic N) is 3. The average Bonchev–Trinajstić information content (AvgIpc) is 3.44. The Hall–Kier alpha value is -6.19. The quantitative estimate of drug-likeness (QED) is 0.179. The van der Waals surface area contributed by atoms with Crippen LogP contribution in [0, 0.1) is 0 Å². The van der Waals surface area contributed by atoms with Crippen molar-refractivity contribution < 1.29 is 0 Å². The van der Waals surface area contributed by atoms with E-state index in [1.807, 2.05) is 30.5 Å². The van der Waals surface area contributed by atoms with Crippen LogP contribution in [0.15, 0.2) is 170 Å². The Labute approximate surface area is 299 Å². The molecule has 3 nitrogen and oxygen atoms in total. The van der Waals surface area contributed by atoms with Gasteiger partial charge in [-0.3, -0.25) is 4.98 Å². The Morgan fingerprint density at radius 3 is 1.82 bits per heavy atom. The maximum absolute atomic E-state index is 5.28. The highest BCUT2D eigenvalue weighted by molar-refractivity contribution is 5.94. The van der Waals surface area contributed by atoms with E-state index in [-0.39, 0.29) is 5.41 Å². The molecule has 2 aliphatic carbocycles. The number of hydrogen-bond donors (Lipinski definition) is 0. The van der Waals surface area contributed by atoms with E-state index in [1.165, 1.54) is 22.3 Å². The van der Waals surface area contributed by atoms with Crippen molar-refractivity contribution in [3.63, 3.8) is 0 Å². The third-order valence-electron chi connectivity index (χ3n) is 10.4. The lowest BCUT2D eigenvalue weighted by Gasteiger charge is -2.24. The Balaban J connectivity index is 1.27. The zero-order chi connectivity index (χ0) is 34.4. The van der Waals surface area contributed by atoms with E-state index in [9.17, 15) is 0 Å². The van der Waals surface area contributed by atoms with Crippen LogP contribution in [-0.4, -0.2) is 15.0 Å². The number of hydrogen-bond acceptors (Lipinski definition) is 3. The number of benzene rings is 5. The molecule has 3 heteroatoms. The van der Waals surface area contributed by atoms with Crippen LogP contribution in [0.5, 0.6) is 0 Å². The first-order chi connectivity index (χ1) is 25.0. The summed E-state index contributed by atoms with van der Waals surface area (Å²) in [5.41, 5.74) is 17.0. The van der Waals surface area contributed by atoms with Crippen LogP contribution >= 0.6 is 0 Å². The summed E-state index contributed by atoms with van der Waals surface area (Å²) in [4.78, 5) is 15.6. The molecule has 244 valence electrons. The van der Waals surface area contributed by atoms with Crippen molar-refractivity contribution in [2.75, 3.05) is 0 Å². The predicted octanol–water partition coefficient (Wildman–Crippen LogP) is 12.3. The van der Waals surface area contributed by atoms with Crippen LogP contribution in [0.4, 0.5) is 0 Å². The molecule has 51 heavy (non-hydrogen) atoms. The summed E-state index contributed by atoms with van der Waals surface area (Å²) in [6.07, 6.45) is 8.67. The molecule has 0 saturated carbocycles. The molecule has 0 spiro atoms. The lowest BCUT2D eigenvalue weighted by Crippen LogP contribution is -2.16. The van der Waals surface area contributed by atoms with Crippen molar-refractivity contribution in [3.8, 4) is 67.4 Å². The minimum atomic E-state index is -0.0602. The molecule has 9 rings (SSSR count). The van der Waals surface area contributed by atoms with Crippen LogP contribution in [-0.2, 0) is 5.41 Å². The van der Waals surface area contributed by atoms with Crippen LogP contribution in [0.2, 0.25) is 0 Å². The summed E-state index contributed by atoms with van der Waals surface area (Å²) in [5, 5.41) is 0. The van der Waals surface area contributed by atoms with Gasteiger partial charge in [-0.05, 0) is 93.8 Å². The van der Waals surface area contributed by atoms with E-state index in [0.717, 1.165) is 74.4 Å². The van der Waals surface area contributed by atoms with E-state index in [0.29, 0.717) is 5.82 Å². The van der Waals surface area contributed by atoms with Gasteiger partial charge in [0.2, 0.25) is 0 Å². The van der Waals surface area contributed by atoms with Crippen molar-refractivity contribution in [2.45, 2.75) is 32.1 Å². The smallest absolute Gasteiger partial charge is 0.160 e. The molecule has 0 aliphatic heterocycles. The van der Waals surface area contributed by atoms with E-state index >= 15 is 0 Å². The molecule has 5 aromatic carbocycles. The molecule has 2 aliphatic rings.